The van der Waals surface area contributed by atoms with Gasteiger partial charge in [0, 0.05) is 21.4 Å². The van der Waals surface area contributed by atoms with Crippen LogP contribution in [-0.4, -0.2) is 17.3 Å². The first-order valence-corrected chi connectivity index (χ1v) is 8.08. The van der Waals surface area contributed by atoms with E-state index in [4.69, 9.17) is 0 Å². The summed E-state index contributed by atoms with van der Waals surface area (Å²) in [4.78, 5) is 12.3. The van der Waals surface area contributed by atoms with Gasteiger partial charge in [-0.1, -0.05) is 52.6 Å². The fourth-order valence-electron chi connectivity index (χ4n) is 1.83. The Bertz CT molecular complexity index is 452. The van der Waals surface area contributed by atoms with Gasteiger partial charge in [-0.3, -0.25) is 4.79 Å². The molecular weight excluding hydrogens is 370 g/mol. The molecule has 106 valence electrons. The van der Waals surface area contributed by atoms with Crippen LogP contribution in [0.15, 0.2) is 22.7 Å². The van der Waals surface area contributed by atoms with Crippen molar-refractivity contribution in [3.05, 3.63) is 33.8 Å². The number of rotatable bonds is 4. The zero-order chi connectivity index (χ0) is 14.6. The van der Waals surface area contributed by atoms with Crippen LogP contribution in [0, 0.1) is 12.3 Å². The molecule has 2 nitrogen and oxygen atoms in total. The molecule has 1 N–H and O–H groups in total. The van der Waals surface area contributed by atoms with Crippen LogP contribution in [0.2, 0.25) is 0 Å². The highest BCUT2D eigenvalue weighted by Crippen LogP contribution is 2.24. The Morgan fingerprint density at radius 1 is 1.37 bits per heavy atom. The zero-order valence-corrected chi connectivity index (χ0v) is 15.1. The van der Waals surface area contributed by atoms with Crippen molar-refractivity contribution in [3.63, 3.8) is 0 Å². The first kappa shape index (κ1) is 16.7. The van der Waals surface area contributed by atoms with Gasteiger partial charge >= 0.3 is 0 Å². The lowest BCUT2D eigenvalue weighted by Gasteiger charge is -2.22. The van der Waals surface area contributed by atoms with Gasteiger partial charge in [0.15, 0.2) is 0 Å². The fourth-order valence-corrected chi connectivity index (χ4v) is 3.21. The third-order valence-electron chi connectivity index (χ3n) is 2.74. The summed E-state index contributed by atoms with van der Waals surface area (Å²) in [6.07, 6.45) is 1.02. The minimum atomic E-state index is -0.0195. The molecule has 0 heterocycles. The molecule has 1 rings (SSSR count). The largest absolute Gasteiger partial charge is 0.351 e. The molecule has 0 fully saturated rings. The fraction of sp³-hybridized carbons (Fsp3) is 0.533. The van der Waals surface area contributed by atoms with Crippen LogP contribution in [0.5, 0.6) is 0 Å². The van der Waals surface area contributed by atoms with Gasteiger partial charge in [0.1, 0.15) is 0 Å². The van der Waals surface area contributed by atoms with Crippen LogP contribution >= 0.6 is 31.9 Å². The maximum Gasteiger partial charge on any atom is 0.251 e. The van der Waals surface area contributed by atoms with Gasteiger partial charge in [0.25, 0.3) is 5.91 Å². The maximum atomic E-state index is 12.0. The molecular formula is C15H21Br2NO. The van der Waals surface area contributed by atoms with E-state index in [9.17, 15) is 4.79 Å². The Morgan fingerprint density at radius 3 is 2.53 bits per heavy atom. The number of aryl methyl sites for hydroxylation is 1. The predicted octanol–water partition coefficient (Wildman–Crippen LogP) is 4.69. The predicted molar refractivity (Wildman–Crippen MR) is 88.0 cm³/mol. The highest BCUT2D eigenvalue weighted by atomic mass is 79.9. The summed E-state index contributed by atoms with van der Waals surface area (Å²) >= 11 is 7.05. The van der Waals surface area contributed by atoms with Crippen LogP contribution in [0.1, 0.15) is 43.1 Å². The van der Waals surface area contributed by atoms with Crippen molar-refractivity contribution in [1.29, 1.82) is 0 Å². The van der Waals surface area contributed by atoms with Gasteiger partial charge in [-0.15, -0.1) is 0 Å². The quantitative estimate of drug-likeness (QED) is 0.742. The average Bonchev–Trinajstić information content (AvgIpc) is 2.27. The van der Waals surface area contributed by atoms with Crippen LogP contribution in [0.3, 0.4) is 0 Å². The zero-order valence-electron chi connectivity index (χ0n) is 11.9. The summed E-state index contributed by atoms with van der Waals surface area (Å²) in [5.74, 6) is -0.0195. The van der Waals surface area contributed by atoms with Crippen LogP contribution < -0.4 is 5.32 Å². The first-order chi connectivity index (χ1) is 8.69. The van der Waals surface area contributed by atoms with Crippen molar-refractivity contribution in [2.45, 2.75) is 38.9 Å². The van der Waals surface area contributed by atoms with Crippen molar-refractivity contribution in [3.8, 4) is 0 Å². The second-order valence-corrected chi connectivity index (χ2v) is 8.19. The minimum Gasteiger partial charge on any atom is -0.351 e. The van der Waals surface area contributed by atoms with Crippen molar-refractivity contribution < 1.29 is 4.79 Å². The molecule has 0 aliphatic carbocycles. The molecule has 1 amide bonds. The van der Waals surface area contributed by atoms with E-state index in [1.165, 1.54) is 0 Å². The Hall–Kier alpha value is -0.350. The number of carbonyl (C=O) groups excluding carboxylic acids is 1. The molecule has 1 unspecified atom stereocenters. The summed E-state index contributed by atoms with van der Waals surface area (Å²) in [6, 6.07) is 5.64. The SMILES string of the molecule is Cc1cc(C(=O)NCC(Br)CC(C)(C)C)ccc1Br. The molecule has 0 aliphatic rings. The van der Waals surface area contributed by atoms with Crippen LogP contribution in [-0.2, 0) is 0 Å². The average molecular weight is 391 g/mol. The minimum absolute atomic E-state index is 0.0195. The highest BCUT2D eigenvalue weighted by Gasteiger charge is 2.17. The monoisotopic (exact) mass is 389 g/mol. The third-order valence-corrected chi connectivity index (χ3v) is 4.28. The molecule has 4 heteroatoms. The van der Waals surface area contributed by atoms with Crippen LogP contribution in [0.4, 0.5) is 0 Å². The van der Waals surface area contributed by atoms with Gasteiger partial charge in [-0.25, -0.2) is 0 Å². The van der Waals surface area contributed by atoms with E-state index in [1.54, 1.807) is 0 Å². The van der Waals surface area contributed by atoms with Crippen molar-refractivity contribution in [2.75, 3.05) is 6.54 Å². The van der Waals surface area contributed by atoms with Gasteiger partial charge < -0.3 is 5.32 Å². The number of halogens is 2. The Labute approximate surface area is 132 Å². The molecule has 19 heavy (non-hydrogen) atoms. The number of carbonyl (C=O) groups is 1. The molecule has 0 aliphatic heterocycles. The topological polar surface area (TPSA) is 29.1 Å². The first-order valence-electron chi connectivity index (χ1n) is 6.37. The second-order valence-electron chi connectivity index (χ2n) is 6.04. The summed E-state index contributed by atoms with van der Waals surface area (Å²) in [5.41, 5.74) is 2.03. The summed E-state index contributed by atoms with van der Waals surface area (Å²) < 4.78 is 1.02. The smallest absolute Gasteiger partial charge is 0.251 e. The van der Waals surface area contributed by atoms with Gasteiger partial charge in [0.05, 0.1) is 0 Å². The normalized spacial score (nSPS) is 13.2. The second kappa shape index (κ2) is 6.89. The number of nitrogens with one attached hydrogen (secondary N) is 1. The van der Waals surface area contributed by atoms with E-state index >= 15 is 0 Å². The number of alkyl halides is 1. The Morgan fingerprint density at radius 2 is 2.00 bits per heavy atom. The van der Waals surface area contributed by atoms with Gasteiger partial charge in [-0.2, -0.15) is 0 Å². The number of amides is 1. The van der Waals surface area contributed by atoms with Gasteiger partial charge in [0.2, 0.25) is 0 Å². The summed E-state index contributed by atoms with van der Waals surface area (Å²) in [6.45, 7) is 9.21. The summed E-state index contributed by atoms with van der Waals surface area (Å²) in [7, 11) is 0. The van der Waals surface area contributed by atoms with Crippen LogP contribution in [0.25, 0.3) is 0 Å². The van der Waals surface area contributed by atoms with E-state index in [-0.39, 0.29) is 11.3 Å². The van der Waals surface area contributed by atoms with E-state index in [0.29, 0.717) is 16.9 Å². The van der Waals surface area contributed by atoms with E-state index < -0.39 is 0 Å². The molecule has 0 saturated carbocycles. The maximum absolute atomic E-state index is 12.0. The Kier molecular flexibility index (Phi) is 6.06. The van der Waals surface area contributed by atoms with E-state index in [1.807, 2.05) is 25.1 Å². The number of hydrogen-bond donors (Lipinski definition) is 1. The lowest BCUT2D eigenvalue weighted by molar-refractivity contribution is 0.0952. The number of hydrogen-bond acceptors (Lipinski definition) is 1. The molecule has 1 aromatic carbocycles. The molecule has 0 radical (unpaired) electrons. The van der Waals surface area contributed by atoms with Crippen molar-refractivity contribution >= 4 is 37.8 Å². The summed E-state index contributed by atoms with van der Waals surface area (Å²) in [5, 5.41) is 2.97. The molecule has 0 bridgehead atoms. The highest BCUT2D eigenvalue weighted by molar-refractivity contribution is 9.10. The molecule has 0 saturated heterocycles. The van der Waals surface area contributed by atoms with Crippen molar-refractivity contribution in [2.24, 2.45) is 5.41 Å². The lowest BCUT2D eigenvalue weighted by Crippen LogP contribution is -2.31. The number of benzene rings is 1. The molecule has 0 aromatic heterocycles. The van der Waals surface area contributed by atoms with Crippen molar-refractivity contribution in [1.82, 2.24) is 5.32 Å². The molecule has 1 atom stereocenters. The molecule has 1 aromatic rings. The molecule has 0 spiro atoms. The van der Waals surface area contributed by atoms with E-state index in [0.717, 1.165) is 16.5 Å². The third kappa shape index (κ3) is 6.09. The Balaban J connectivity index is 2.53. The standard InChI is InChI=1S/C15H21Br2NO/c1-10-7-11(5-6-13(10)17)14(19)18-9-12(16)8-15(2,3)4/h5-7,12H,8-9H2,1-4H3,(H,18,19). The van der Waals surface area contributed by atoms with Gasteiger partial charge in [-0.05, 0) is 42.5 Å². The van der Waals surface area contributed by atoms with E-state index in [2.05, 4.69) is 57.9 Å². The lowest BCUT2D eigenvalue weighted by atomic mass is 9.90.